The van der Waals surface area contributed by atoms with Crippen LogP contribution in [0, 0.1) is 5.92 Å². The molecule has 4 heteroatoms. The zero-order valence-corrected chi connectivity index (χ0v) is 13.1. The number of hydrogen-bond donors (Lipinski definition) is 1. The molecule has 1 N–H and O–H groups in total. The third kappa shape index (κ3) is 5.19. The first kappa shape index (κ1) is 16.5. The van der Waals surface area contributed by atoms with E-state index in [1.54, 1.807) is 12.3 Å². The topological polar surface area (TPSA) is 45.2 Å². The van der Waals surface area contributed by atoms with Crippen LogP contribution in [0.15, 0.2) is 18.3 Å². The van der Waals surface area contributed by atoms with E-state index in [4.69, 9.17) is 0 Å². The van der Waals surface area contributed by atoms with Crippen molar-refractivity contribution in [3.63, 3.8) is 0 Å². The molecule has 0 saturated heterocycles. The van der Waals surface area contributed by atoms with Gasteiger partial charge in [0.15, 0.2) is 0 Å². The zero-order valence-electron chi connectivity index (χ0n) is 13.1. The van der Waals surface area contributed by atoms with Gasteiger partial charge in [-0.2, -0.15) is 0 Å². The maximum Gasteiger partial charge on any atom is 0.254 e. The van der Waals surface area contributed by atoms with Gasteiger partial charge < -0.3 is 10.2 Å². The fourth-order valence-corrected chi connectivity index (χ4v) is 2.01. The van der Waals surface area contributed by atoms with Gasteiger partial charge in [-0.15, -0.1) is 0 Å². The molecule has 0 aliphatic carbocycles. The summed E-state index contributed by atoms with van der Waals surface area (Å²) in [4.78, 5) is 18.7. The molecular formula is C16H27N3O. The van der Waals surface area contributed by atoms with E-state index in [1.807, 2.05) is 11.0 Å². The summed E-state index contributed by atoms with van der Waals surface area (Å²) in [5, 5.41) is 3.26. The quantitative estimate of drug-likeness (QED) is 0.792. The molecular weight excluding hydrogens is 250 g/mol. The summed E-state index contributed by atoms with van der Waals surface area (Å²) in [6.07, 6.45) is 3.66. The number of carbonyl (C=O) groups excluding carboxylic acids is 1. The van der Waals surface area contributed by atoms with Gasteiger partial charge in [-0.05, 0) is 30.9 Å². The Hall–Kier alpha value is -1.58. The number of nitrogens with one attached hydrogen (secondary N) is 1. The van der Waals surface area contributed by atoms with Crippen molar-refractivity contribution < 1.29 is 4.79 Å². The van der Waals surface area contributed by atoms with Crippen LogP contribution in [0.2, 0.25) is 0 Å². The molecule has 1 heterocycles. The van der Waals surface area contributed by atoms with Crippen LogP contribution in [-0.4, -0.2) is 35.4 Å². The van der Waals surface area contributed by atoms with Crippen molar-refractivity contribution in [3.05, 3.63) is 23.9 Å². The van der Waals surface area contributed by atoms with E-state index in [-0.39, 0.29) is 5.91 Å². The van der Waals surface area contributed by atoms with Crippen molar-refractivity contribution in [1.29, 1.82) is 0 Å². The molecule has 1 aromatic heterocycles. The Kier molecular flexibility index (Phi) is 7.05. The fourth-order valence-electron chi connectivity index (χ4n) is 2.01. The highest BCUT2D eigenvalue weighted by molar-refractivity contribution is 5.94. The van der Waals surface area contributed by atoms with Crippen LogP contribution in [-0.2, 0) is 0 Å². The van der Waals surface area contributed by atoms with E-state index in [1.165, 1.54) is 0 Å². The van der Waals surface area contributed by atoms with E-state index < -0.39 is 0 Å². The first-order chi connectivity index (χ1) is 9.58. The molecule has 1 rings (SSSR count). The van der Waals surface area contributed by atoms with Gasteiger partial charge in [0.05, 0.1) is 0 Å². The molecule has 1 amide bonds. The Bertz CT molecular complexity index is 412. The molecule has 0 radical (unpaired) electrons. The molecule has 112 valence electrons. The fraction of sp³-hybridized carbons (Fsp3) is 0.625. The number of aromatic nitrogens is 1. The Morgan fingerprint density at radius 1 is 1.30 bits per heavy atom. The van der Waals surface area contributed by atoms with Gasteiger partial charge in [-0.1, -0.05) is 27.7 Å². The summed E-state index contributed by atoms with van der Waals surface area (Å²) in [7, 11) is 0. The summed E-state index contributed by atoms with van der Waals surface area (Å²) >= 11 is 0. The molecule has 0 bridgehead atoms. The molecule has 0 atom stereocenters. The average molecular weight is 277 g/mol. The lowest BCUT2D eigenvalue weighted by Gasteiger charge is -2.21. The average Bonchev–Trinajstić information content (AvgIpc) is 2.44. The number of carbonyl (C=O) groups is 1. The van der Waals surface area contributed by atoms with Gasteiger partial charge in [0, 0.05) is 31.4 Å². The van der Waals surface area contributed by atoms with E-state index >= 15 is 0 Å². The standard InChI is InChI=1S/C16H27N3O/c1-5-9-19(10-6-2)16(20)14-7-8-17-15(11-14)18-12-13(3)4/h7-8,11,13H,5-6,9-10,12H2,1-4H3,(H,17,18). The van der Waals surface area contributed by atoms with Gasteiger partial charge >= 0.3 is 0 Å². The van der Waals surface area contributed by atoms with E-state index in [9.17, 15) is 4.79 Å². The summed E-state index contributed by atoms with van der Waals surface area (Å²) in [5.74, 6) is 1.43. The van der Waals surface area contributed by atoms with Crippen LogP contribution >= 0.6 is 0 Å². The first-order valence-corrected chi connectivity index (χ1v) is 7.57. The van der Waals surface area contributed by atoms with Crippen LogP contribution in [0.1, 0.15) is 50.9 Å². The molecule has 0 aliphatic heterocycles. The second-order valence-electron chi connectivity index (χ2n) is 5.50. The highest BCUT2D eigenvalue weighted by Crippen LogP contribution is 2.11. The van der Waals surface area contributed by atoms with Crippen LogP contribution < -0.4 is 5.32 Å². The third-order valence-electron chi connectivity index (χ3n) is 2.97. The molecule has 1 aromatic rings. The molecule has 0 spiro atoms. The van der Waals surface area contributed by atoms with E-state index in [2.05, 4.69) is 38.0 Å². The van der Waals surface area contributed by atoms with Crippen LogP contribution in [0.4, 0.5) is 5.82 Å². The van der Waals surface area contributed by atoms with Crippen molar-refractivity contribution in [2.24, 2.45) is 5.92 Å². The molecule has 4 nitrogen and oxygen atoms in total. The highest BCUT2D eigenvalue weighted by Gasteiger charge is 2.14. The number of nitrogens with zero attached hydrogens (tertiary/aromatic N) is 2. The smallest absolute Gasteiger partial charge is 0.254 e. The Morgan fingerprint density at radius 2 is 1.95 bits per heavy atom. The Balaban J connectivity index is 2.78. The minimum Gasteiger partial charge on any atom is -0.370 e. The van der Waals surface area contributed by atoms with Crippen molar-refractivity contribution in [1.82, 2.24) is 9.88 Å². The predicted octanol–water partition coefficient (Wildman–Crippen LogP) is 3.41. The summed E-state index contributed by atoms with van der Waals surface area (Å²) < 4.78 is 0. The Labute approximate surface area is 122 Å². The number of hydrogen-bond acceptors (Lipinski definition) is 3. The largest absolute Gasteiger partial charge is 0.370 e. The summed E-state index contributed by atoms with van der Waals surface area (Å²) in [5.41, 5.74) is 0.716. The maximum absolute atomic E-state index is 12.5. The molecule has 0 aromatic carbocycles. The lowest BCUT2D eigenvalue weighted by atomic mass is 10.2. The van der Waals surface area contributed by atoms with Crippen LogP contribution in [0.5, 0.6) is 0 Å². The zero-order chi connectivity index (χ0) is 15.0. The minimum atomic E-state index is 0.101. The normalized spacial score (nSPS) is 10.7. The number of pyridine rings is 1. The number of anilines is 1. The van der Waals surface area contributed by atoms with Crippen molar-refractivity contribution in [3.8, 4) is 0 Å². The van der Waals surface area contributed by atoms with E-state index in [0.29, 0.717) is 11.5 Å². The van der Waals surface area contributed by atoms with Gasteiger partial charge in [-0.25, -0.2) is 4.98 Å². The number of rotatable bonds is 8. The molecule has 0 fully saturated rings. The van der Waals surface area contributed by atoms with Gasteiger partial charge in [0.1, 0.15) is 5.82 Å². The van der Waals surface area contributed by atoms with Crippen LogP contribution in [0.3, 0.4) is 0 Å². The second kappa shape index (κ2) is 8.56. The molecule has 20 heavy (non-hydrogen) atoms. The van der Waals surface area contributed by atoms with Gasteiger partial charge in [-0.3, -0.25) is 4.79 Å². The molecule has 0 aliphatic rings. The number of amides is 1. The lowest BCUT2D eigenvalue weighted by molar-refractivity contribution is 0.0755. The van der Waals surface area contributed by atoms with E-state index in [0.717, 1.165) is 38.3 Å². The minimum absolute atomic E-state index is 0.101. The molecule has 0 unspecified atom stereocenters. The van der Waals surface area contributed by atoms with Crippen molar-refractivity contribution in [2.45, 2.75) is 40.5 Å². The van der Waals surface area contributed by atoms with Gasteiger partial charge in [0.2, 0.25) is 0 Å². The first-order valence-electron chi connectivity index (χ1n) is 7.57. The monoisotopic (exact) mass is 277 g/mol. The summed E-state index contributed by atoms with van der Waals surface area (Å²) in [6, 6.07) is 3.64. The highest BCUT2D eigenvalue weighted by atomic mass is 16.2. The molecule has 0 saturated carbocycles. The maximum atomic E-state index is 12.5. The van der Waals surface area contributed by atoms with Gasteiger partial charge in [0.25, 0.3) is 5.91 Å². The Morgan fingerprint density at radius 3 is 2.50 bits per heavy atom. The second-order valence-corrected chi connectivity index (χ2v) is 5.50. The predicted molar refractivity (Wildman–Crippen MR) is 84.1 cm³/mol. The van der Waals surface area contributed by atoms with Crippen LogP contribution in [0.25, 0.3) is 0 Å². The summed E-state index contributed by atoms with van der Waals surface area (Å²) in [6.45, 7) is 11.0. The SMILES string of the molecule is CCCN(CCC)C(=O)c1ccnc(NCC(C)C)c1. The third-order valence-corrected chi connectivity index (χ3v) is 2.97. The van der Waals surface area contributed by atoms with Crippen molar-refractivity contribution in [2.75, 3.05) is 25.0 Å². The van der Waals surface area contributed by atoms with Crippen molar-refractivity contribution >= 4 is 11.7 Å². The lowest BCUT2D eigenvalue weighted by Crippen LogP contribution is -2.32.